The van der Waals surface area contributed by atoms with E-state index < -0.39 is 5.09 Å². The highest BCUT2D eigenvalue weighted by Gasteiger charge is 1.93. The highest BCUT2D eigenvalue weighted by atomic mass is 19.1. The largest absolute Gasteiger partial charge is 0.328 e. The molecule has 0 heterocycles. The van der Waals surface area contributed by atoms with Gasteiger partial charge in [0.15, 0.2) is 0 Å². The Hall–Kier alpha value is -1.89. The summed E-state index contributed by atoms with van der Waals surface area (Å²) < 4.78 is 12.4. The standard InChI is InChI=1S/C6H7FN2.HNO3/c7-5-3-1-2-4-6(5)9-8;2-1(3)4/h1-4,9H,8H2;(H,2,3,4). The number of nitrogen functional groups attached to an aromatic ring is 1. The first-order chi connectivity index (χ1) is 6.07. The number of benzene rings is 1. The van der Waals surface area contributed by atoms with Gasteiger partial charge < -0.3 is 10.6 Å². The summed E-state index contributed by atoms with van der Waals surface area (Å²) in [5, 5.41) is 13.6. The minimum absolute atomic E-state index is 0.317. The maximum Gasteiger partial charge on any atom is 0.291 e. The van der Waals surface area contributed by atoms with E-state index in [2.05, 4.69) is 5.43 Å². The first kappa shape index (κ1) is 11.1. The number of hydrogen-bond donors (Lipinski definition) is 3. The summed E-state index contributed by atoms with van der Waals surface area (Å²) in [4.78, 5) is 8.36. The quantitative estimate of drug-likeness (QED) is 0.344. The van der Waals surface area contributed by atoms with Crippen molar-refractivity contribution in [2.24, 2.45) is 5.84 Å². The number of hydrogen-bond acceptors (Lipinski definition) is 4. The van der Waals surface area contributed by atoms with Crippen molar-refractivity contribution < 1.29 is 14.7 Å². The van der Waals surface area contributed by atoms with Crippen molar-refractivity contribution in [2.75, 3.05) is 5.43 Å². The Morgan fingerprint density at radius 1 is 1.54 bits per heavy atom. The Morgan fingerprint density at radius 2 is 2.00 bits per heavy atom. The van der Waals surface area contributed by atoms with E-state index in [0.717, 1.165) is 0 Å². The van der Waals surface area contributed by atoms with Gasteiger partial charge in [0.05, 0.1) is 5.69 Å². The number of anilines is 1. The van der Waals surface area contributed by atoms with E-state index in [0.29, 0.717) is 5.69 Å². The number of hydrazine groups is 1. The van der Waals surface area contributed by atoms with E-state index in [9.17, 15) is 4.39 Å². The fraction of sp³-hybridized carbons (Fsp3) is 0. The van der Waals surface area contributed by atoms with E-state index in [-0.39, 0.29) is 5.82 Å². The number of nitrogens with zero attached hydrogens (tertiary/aromatic N) is 1. The van der Waals surface area contributed by atoms with Gasteiger partial charge in [-0.15, -0.1) is 10.1 Å². The second-order valence-electron chi connectivity index (χ2n) is 1.86. The molecule has 6 nitrogen and oxygen atoms in total. The van der Waals surface area contributed by atoms with Crippen LogP contribution in [0.2, 0.25) is 0 Å². The van der Waals surface area contributed by atoms with Crippen LogP contribution in [0.3, 0.4) is 0 Å². The number of nitrogens with two attached hydrogens (primary N) is 1. The molecule has 0 aromatic heterocycles. The lowest BCUT2D eigenvalue weighted by molar-refractivity contribution is -0.742. The molecule has 0 fully saturated rings. The summed E-state index contributed by atoms with van der Waals surface area (Å²) in [6.45, 7) is 0. The first-order valence-corrected chi connectivity index (χ1v) is 3.12. The van der Waals surface area contributed by atoms with E-state index in [1.165, 1.54) is 6.07 Å². The Balaban J connectivity index is 0.000000310. The lowest BCUT2D eigenvalue weighted by Gasteiger charge is -1.97. The zero-order valence-corrected chi connectivity index (χ0v) is 6.48. The zero-order chi connectivity index (χ0) is 10.3. The van der Waals surface area contributed by atoms with Crippen molar-refractivity contribution in [2.45, 2.75) is 0 Å². The van der Waals surface area contributed by atoms with E-state index in [1.807, 2.05) is 0 Å². The second kappa shape index (κ2) is 5.72. The molecule has 0 spiro atoms. The third kappa shape index (κ3) is 5.39. The molecule has 0 aliphatic carbocycles. The monoisotopic (exact) mass is 189 g/mol. The molecule has 0 bridgehead atoms. The van der Waals surface area contributed by atoms with Crippen molar-refractivity contribution in [1.82, 2.24) is 0 Å². The fourth-order valence-electron chi connectivity index (χ4n) is 0.578. The molecule has 4 N–H and O–H groups in total. The first-order valence-electron chi connectivity index (χ1n) is 3.12. The molecule has 0 amide bonds. The highest BCUT2D eigenvalue weighted by Crippen LogP contribution is 2.09. The van der Waals surface area contributed by atoms with Crippen LogP contribution in [-0.4, -0.2) is 10.3 Å². The minimum Gasteiger partial charge on any atom is -0.328 e. The molecule has 7 heteroatoms. The van der Waals surface area contributed by atoms with Crippen LogP contribution in [0.1, 0.15) is 0 Å². The Labute approximate surface area is 72.9 Å². The van der Waals surface area contributed by atoms with Gasteiger partial charge >= 0.3 is 0 Å². The van der Waals surface area contributed by atoms with Crippen LogP contribution in [0.15, 0.2) is 24.3 Å². The molecule has 0 saturated heterocycles. The molecule has 0 unspecified atom stereocenters. The fourth-order valence-corrected chi connectivity index (χ4v) is 0.578. The molecule has 0 aliphatic heterocycles. The van der Waals surface area contributed by atoms with Gasteiger partial charge in [0, 0.05) is 0 Å². The summed E-state index contributed by atoms with van der Waals surface area (Å²) >= 11 is 0. The lowest BCUT2D eigenvalue weighted by Crippen LogP contribution is -2.07. The van der Waals surface area contributed by atoms with Crippen LogP contribution in [-0.2, 0) is 0 Å². The normalized spacial score (nSPS) is 8.15. The molecule has 0 atom stereocenters. The molecule has 13 heavy (non-hydrogen) atoms. The maximum atomic E-state index is 12.4. The minimum atomic E-state index is -1.50. The summed E-state index contributed by atoms with van der Waals surface area (Å²) in [7, 11) is 0. The van der Waals surface area contributed by atoms with Gasteiger partial charge in [-0.3, -0.25) is 5.84 Å². The predicted molar refractivity (Wildman–Crippen MR) is 43.0 cm³/mol. The number of para-hydroxylation sites is 1. The molecule has 1 rings (SSSR count). The summed E-state index contributed by atoms with van der Waals surface area (Å²) in [6, 6.07) is 6.22. The third-order valence-electron chi connectivity index (χ3n) is 1.03. The van der Waals surface area contributed by atoms with Crippen molar-refractivity contribution in [3.8, 4) is 0 Å². The van der Waals surface area contributed by atoms with Crippen LogP contribution >= 0.6 is 0 Å². The highest BCUT2D eigenvalue weighted by molar-refractivity contribution is 5.42. The van der Waals surface area contributed by atoms with Crippen LogP contribution in [0.5, 0.6) is 0 Å². The van der Waals surface area contributed by atoms with Crippen molar-refractivity contribution in [3.05, 3.63) is 40.2 Å². The van der Waals surface area contributed by atoms with Gasteiger partial charge in [-0.25, -0.2) is 4.39 Å². The topological polar surface area (TPSA) is 101 Å². The lowest BCUT2D eigenvalue weighted by atomic mass is 10.3. The molecule has 0 aliphatic rings. The smallest absolute Gasteiger partial charge is 0.291 e. The number of halogens is 1. The molecule has 1 aromatic carbocycles. The summed E-state index contributed by atoms with van der Waals surface area (Å²) in [5.74, 6) is 4.63. The second-order valence-corrected chi connectivity index (χ2v) is 1.86. The van der Waals surface area contributed by atoms with Gasteiger partial charge in [0.25, 0.3) is 5.09 Å². The Kier molecular flexibility index (Phi) is 4.89. The zero-order valence-electron chi connectivity index (χ0n) is 6.48. The molecule has 0 radical (unpaired) electrons. The van der Waals surface area contributed by atoms with Gasteiger partial charge in [0.1, 0.15) is 5.82 Å². The molecule has 1 aromatic rings. The van der Waals surface area contributed by atoms with Crippen LogP contribution in [0.25, 0.3) is 0 Å². The Bertz CT molecular complexity index is 278. The third-order valence-corrected chi connectivity index (χ3v) is 1.03. The average molecular weight is 189 g/mol. The van der Waals surface area contributed by atoms with E-state index >= 15 is 0 Å². The number of nitrogens with one attached hydrogen (secondary N) is 1. The molecule has 72 valence electrons. The van der Waals surface area contributed by atoms with E-state index in [1.54, 1.807) is 18.2 Å². The average Bonchev–Trinajstić information content (AvgIpc) is 2.04. The predicted octanol–water partition coefficient (Wildman–Crippen LogP) is 0.764. The SMILES string of the molecule is NNc1ccccc1F.O=[N+]([O-])O. The van der Waals surface area contributed by atoms with Gasteiger partial charge in [-0.05, 0) is 12.1 Å². The van der Waals surface area contributed by atoms with Crippen molar-refractivity contribution in [3.63, 3.8) is 0 Å². The van der Waals surface area contributed by atoms with Crippen molar-refractivity contribution in [1.29, 1.82) is 0 Å². The molecular weight excluding hydrogens is 181 g/mol. The van der Waals surface area contributed by atoms with Gasteiger partial charge in [-0.1, -0.05) is 12.1 Å². The van der Waals surface area contributed by atoms with Crippen molar-refractivity contribution >= 4 is 5.69 Å². The van der Waals surface area contributed by atoms with Crippen LogP contribution in [0, 0.1) is 15.9 Å². The molecule has 0 saturated carbocycles. The van der Waals surface area contributed by atoms with Gasteiger partial charge in [-0.2, -0.15) is 0 Å². The maximum absolute atomic E-state index is 12.4. The number of rotatable bonds is 1. The molecular formula is C6H8FN3O3. The summed E-state index contributed by atoms with van der Waals surface area (Å²) in [5.41, 5.74) is 2.54. The van der Waals surface area contributed by atoms with Crippen LogP contribution in [0.4, 0.5) is 10.1 Å². The van der Waals surface area contributed by atoms with E-state index in [4.69, 9.17) is 21.2 Å². The van der Waals surface area contributed by atoms with Gasteiger partial charge in [0.2, 0.25) is 0 Å². The Morgan fingerprint density at radius 3 is 2.31 bits per heavy atom. The van der Waals surface area contributed by atoms with Crippen LogP contribution < -0.4 is 11.3 Å². The summed E-state index contributed by atoms with van der Waals surface area (Å²) in [6.07, 6.45) is 0.